The van der Waals surface area contributed by atoms with Crippen molar-refractivity contribution in [3.63, 3.8) is 0 Å². The minimum atomic E-state index is 0.290. The van der Waals surface area contributed by atoms with Crippen molar-refractivity contribution < 1.29 is 0 Å². The van der Waals surface area contributed by atoms with E-state index in [9.17, 15) is 0 Å². The van der Waals surface area contributed by atoms with Crippen LogP contribution in [0.2, 0.25) is 0 Å². The lowest BCUT2D eigenvalue weighted by Gasteiger charge is -2.14. The number of hydrogen-bond acceptors (Lipinski definition) is 3. The Morgan fingerprint density at radius 3 is 2.53 bits per heavy atom. The third kappa shape index (κ3) is 2.31. The molecule has 0 atom stereocenters. The molecule has 0 bridgehead atoms. The van der Waals surface area contributed by atoms with Gasteiger partial charge in [-0.25, -0.2) is 9.97 Å². The first-order chi connectivity index (χ1) is 8.11. The number of nitrogens with two attached hydrogens (primary N) is 1. The van der Waals surface area contributed by atoms with E-state index in [4.69, 9.17) is 5.73 Å². The number of aromatic nitrogens is 2. The third-order valence-corrected chi connectivity index (χ3v) is 3.31. The number of nitrogens with zero attached hydrogens (tertiary/aromatic N) is 2. The average molecular weight is 292 g/mol. The van der Waals surface area contributed by atoms with E-state index in [2.05, 4.69) is 39.7 Å². The van der Waals surface area contributed by atoms with Gasteiger partial charge in [-0.3, -0.25) is 0 Å². The van der Waals surface area contributed by atoms with E-state index in [1.807, 2.05) is 24.3 Å². The molecule has 2 aromatic rings. The van der Waals surface area contributed by atoms with Crippen LogP contribution in [0.1, 0.15) is 25.3 Å². The van der Waals surface area contributed by atoms with Crippen LogP contribution in [0.3, 0.4) is 0 Å². The fourth-order valence-corrected chi connectivity index (χ4v) is 2.32. The first-order valence-corrected chi connectivity index (χ1v) is 6.25. The Kier molecular flexibility index (Phi) is 3.43. The Morgan fingerprint density at radius 1 is 1.18 bits per heavy atom. The Balaban J connectivity index is 2.68. The number of hydrogen-bond donors (Lipinski definition) is 1. The number of benzene rings is 1. The van der Waals surface area contributed by atoms with Crippen LogP contribution in [0.15, 0.2) is 35.1 Å². The Bertz CT molecular complexity index is 538. The quantitative estimate of drug-likeness (QED) is 0.920. The van der Waals surface area contributed by atoms with Crippen LogP contribution in [-0.4, -0.2) is 9.97 Å². The van der Waals surface area contributed by atoms with Gasteiger partial charge in [-0.15, -0.1) is 0 Å². The maximum absolute atomic E-state index is 5.94. The molecule has 0 saturated carbocycles. The molecule has 0 fully saturated rings. The van der Waals surface area contributed by atoms with E-state index >= 15 is 0 Å². The zero-order valence-corrected chi connectivity index (χ0v) is 11.4. The molecule has 0 aliphatic heterocycles. The summed E-state index contributed by atoms with van der Waals surface area (Å²) in [6.07, 6.45) is 1.51. The van der Waals surface area contributed by atoms with Crippen LogP contribution >= 0.6 is 15.9 Å². The summed E-state index contributed by atoms with van der Waals surface area (Å²) in [7, 11) is 0. The van der Waals surface area contributed by atoms with Crippen molar-refractivity contribution in [1.29, 1.82) is 0 Å². The van der Waals surface area contributed by atoms with Crippen molar-refractivity contribution in [1.82, 2.24) is 9.97 Å². The van der Waals surface area contributed by atoms with Gasteiger partial charge in [-0.1, -0.05) is 48.0 Å². The van der Waals surface area contributed by atoms with Crippen LogP contribution in [0.4, 0.5) is 5.82 Å². The number of halogens is 1. The average Bonchev–Trinajstić information content (AvgIpc) is 2.28. The second kappa shape index (κ2) is 4.84. The third-order valence-electron chi connectivity index (χ3n) is 2.62. The molecule has 0 amide bonds. The highest BCUT2D eigenvalue weighted by molar-refractivity contribution is 9.10. The molecule has 0 unspecified atom stereocenters. The van der Waals surface area contributed by atoms with Crippen LogP contribution < -0.4 is 5.73 Å². The molecule has 1 aromatic carbocycles. The lowest BCUT2D eigenvalue weighted by Crippen LogP contribution is -2.04. The molecular formula is C13H14BrN3. The van der Waals surface area contributed by atoms with Crippen molar-refractivity contribution in [3.8, 4) is 11.3 Å². The summed E-state index contributed by atoms with van der Waals surface area (Å²) in [6.45, 7) is 4.19. The van der Waals surface area contributed by atoms with Crippen LogP contribution in [0, 0.1) is 0 Å². The molecule has 88 valence electrons. The summed E-state index contributed by atoms with van der Waals surface area (Å²) >= 11 is 3.54. The topological polar surface area (TPSA) is 51.8 Å². The highest BCUT2D eigenvalue weighted by Gasteiger charge is 2.15. The van der Waals surface area contributed by atoms with Gasteiger partial charge in [-0.05, 0) is 12.0 Å². The molecule has 0 aliphatic rings. The van der Waals surface area contributed by atoms with E-state index in [-0.39, 0.29) is 0 Å². The Morgan fingerprint density at radius 2 is 1.88 bits per heavy atom. The monoisotopic (exact) mass is 291 g/mol. The van der Waals surface area contributed by atoms with Crippen molar-refractivity contribution in [2.24, 2.45) is 0 Å². The molecule has 0 radical (unpaired) electrons. The second-order valence-electron chi connectivity index (χ2n) is 4.16. The molecule has 3 nitrogen and oxygen atoms in total. The van der Waals surface area contributed by atoms with Gasteiger partial charge >= 0.3 is 0 Å². The van der Waals surface area contributed by atoms with Crippen LogP contribution in [0.5, 0.6) is 0 Å². The zero-order chi connectivity index (χ0) is 12.4. The van der Waals surface area contributed by atoms with Gasteiger partial charge in [0.25, 0.3) is 0 Å². The minimum absolute atomic E-state index is 0.290. The first-order valence-electron chi connectivity index (χ1n) is 5.46. The molecule has 17 heavy (non-hydrogen) atoms. The van der Waals surface area contributed by atoms with E-state index in [0.717, 1.165) is 21.3 Å². The highest BCUT2D eigenvalue weighted by Crippen LogP contribution is 2.34. The summed E-state index contributed by atoms with van der Waals surface area (Å²) in [5, 5.41) is 0. The molecular weight excluding hydrogens is 278 g/mol. The normalized spacial score (nSPS) is 10.8. The predicted octanol–water partition coefficient (Wildman–Crippen LogP) is 3.61. The van der Waals surface area contributed by atoms with Crippen molar-refractivity contribution in [2.45, 2.75) is 19.8 Å². The fourth-order valence-electron chi connectivity index (χ4n) is 1.85. The Hall–Kier alpha value is -1.42. The molecule has 0 saturated heterocycles. The second-order valence-corrected chi connectivity index (χ2v) is 5.01. The summed E-state index contributed by atoms with van der Waals surface area (Å²) < 4.78 is 1.01. The highest BCUT2D eigenvalue weighted by atomic mass is 79.9. The van der Waals surface area contributed by atoms with E-state index < -0.39 is 0 Å². The number of rotatable bonds is 2. The summed E-state index contributed by atoms with van der Waals surface area (Å²) in [5.41, 5.74) is 8.89. The maximum atomic E-state index is 5.94. The molecule has 1 aromatic heterocycles. The molecule has 0 aliphatic carbocycles. The van der Waals surface area contributed by atoms with Gasteiger partial charge in [0.15, 0.2) is 0 Å². The standard InChI is InChI=1S/C13H14BrN3/c1-8(2)11-12(16-7-17-13(11)15)9-5-3-4-6-10(9)14/h3-8H,1-2H3,(H2,15,16,17). The summed E-state index contributed by atoms with van der Waals surface area (Å²) in [4.78, 5) is 8.44. The first kappa shape index (κ1) is 12.0. The van der Waals surface area contributed by atoms with Gasteiger partial charge < -0.3 is 5.73 Å². The molecule has 4 heteroatoms. The molecule has 0 spiro atoms. The van der Waals surface area contributed by atoms with E-state index in [0.29, 0.717) is 11.7 Å². The van der Waals surface area contributed by atoms with Crippen LogP contribution in [-0.2, 0) is 0 Å². The van der Waals surface area contributed by atoms with Gasteiger partial charge in [0.05, 0.1) is 5.69 Å². The SMILES string of the molecule is CC(C)c1c(N)ncnc1-c1ccccc1Br. The lowest BCUT2D eigenvalue weighted by molar-refractivity contribution is 0.854. The summed E-state index contributed by atoms with van der Waals surface area (Å²) in [5.74, 6) is 0.846. The van der Waals surface area contributed by atoms with E-state index in [1.54, 1.807) is 0 Å². The predicted molar refractivity (Wildman–Crippen MR) is 73.7 cm³/mol. The van der Waals surface area contributed by atoms with Gasteiger partial charge in [-0.2, -0.15) is 0 Å². The number of anilines is 1. The molecule has 2 N–H and O–H groups in total. The maximum Gasteiger partial charge on any atom is 0.130 e. The molecule has 2 rings (SSSR count). The van der Waals surface area contributed by atoms with Crippen molar-refractivity contribution in [3.05, 3.63) is 40.6 Å². The van der Waals surface area contributed by atoms with E-state index in [1.165, 1.54) is 6.33 Å². The van der Waals surface area contributed by atoms with Crippen LogP contribution in [0.25, 0.3) is 11.3 Å². The minimum Gasteiger partial charge on any atom is -0.383 e. The fraction of sp³-hybridized carbons (Fsp3) is 0.231. The van der Waals surface area contributed by atoms with Gasteiger partial charge in [0.1, 0.15) is 12.1 Å². The largest absolute Gasteiger partial charge is 0.383 e. The number of nitrogen functional groups attached to an aromatic ring is 1. The Labute approximate surface area is 109 Å². The zero-order valence-electron chi connectivity index (χ0n) is 9.81. The smallest absolute Gasteiger partial charge is 0.130 e. The van der Waals surface area contributed by atoms with Gasteiger partial charge in [0.2, 0.25) is 0 Å². The summed E-state index contributed by atoms with van der Waals surface area (Å²) in [6, 6.07) is 7.99. The lowest BCUT2D eigenvalue weighted by atomic mass is 9.97. The van der Waals surface area contributed by atoms with Gasteiger partial charge in [0, 0.05) is 15.6 Å². The molecule has 1 heterocycles. The van der Waals surface area contributed by atoms with Crippen molar-refractivity contribution >= 4 is 21.7 Å². The van der Waals surface area contributed by atoms with Crippen molar-refractivity contribution in [2.75, 3.05) is 5.73 Å².